The van der Waals surface area contributed by atoms with E-state index in [4.69, 9.17) is 0 Å². The van der Waals surface area contributed by atoms with Gasteiger partial charge in [0.25, 0.3) is 11.6 Å². The van der Waals surface area contributed by atoms with Gasteiger partial charge in [-0.2, -0.15) is 0 Å². The number of anilines is 1. The van der Waals surface area contributed by atoms with Gasteiger partial charge in [0, 0.05) is 24.1 Å². The molecule has 3 rings (SSSR count). The molecule has 0 saturated heterocycles. The molecule has 1 aromatic heterocycles. The second-order valence-corrected chi connectivity index (χ2v) is 6.70. The van der Waals surface area contributed by atoms with Crippen molar-refractivity contribution >= 4 is 34.0 Å². The van der Waals surface area contributed by atoms with Crippen LogP contribution in [0.15, 0.2) is 48.5 Å². The number of hydrogen-bond donors (Lipinski definition) is 1. The predicted octanol–water partition coefficient (Wildman–Crippen LogP) is 3.08. The van der Waals surface area contributed by atoms with Crippen molar-refractivity contribution in [3.05, 3.63) is 80.3 Å². The second kappa shape index (κ2) is 8.35. The number of ether oxygens (including phenoxy) is 1. The summed E-state index contributed by atoms with van der Waals surface area (Å²) >= 11 is 1.20. The standard InChI is InChI=1S/C18H14N4O5S/c1-27-17(24)13-8-12(9-14(10-13)22(25)26)16(23)19-18-21-20-15(28-18)7-11-5-3-2-4-6-11/h2-6,8-10H,7H2,1H3,(H,19,21,23). The van der Waals surface area contributed by atoms with Gasteiger partial charge in [0.2, 0.25) is 5.13 Å². The van der Waals surface area contributed by atoms with Gasteiger partial charge in [0.05, 0.1) is 17.6 Å². The molecule has 0 aliphatic carbocycles. The number of nitro benzene ring substituents is 1. The first-order valence-corrected chi connectivity index (χ1v) is 8.83. The van der Waals surface area contributed by atoms with Crippen LogP contribution >= 0.6 is 11.3 Å². The number of amides is 1. The van der Waals surface area contributed by atoms with Crippen LogP contribution in [0.1, 0.15) is 31.3 Å². The van der Waals surface area contributed by atoms with Crippen LogP contribution in [0.5, 0.6) is 0 Å². The Kier molecular flexibility index (Phi) is 5.70. The van der Waals surface area contributed by atoms with Crippen molar-refractivity contribution in [2.45, 2.75) is 6.42 Å². The van der Waals surface area contributed by atoms with Crippen molar-refractivity contribution in [1.82, 2.24) is 10.2 Å². The molecular formula is C18H14N4O5S. The lowest BCUT2D eigenvalue weighted by Crippen LogP contribution is -2.14. The largest absolute Gasteiger partial charge is 0.465 e. The number of nitro groups is 1. The maximum atomic E-state index is 12.5. The third kappa shape index (κ3) is 4.54. The van der Waals surface area contributed by atoms with Crippen LogP contribution in [-0.2, 0) is 11.2 Å². The Morgan fingerprint density at radius 1 is 1.14 bits per heavy atom. The number of rotatable bonds is 6. The Morgan fingerprint density at radius 2 is 1.86 bits per heavy atom. The van der Waals surface area contributed by atoms with E-state index in [1.807, 2.05) is 30.3 Å². The van der Waals surface area contributed by atoms with Crippen LogP contribution in [0.2, 0.25) is 0 Å². The average molecular weight is 398 g/mol. The topological polar surface area (TPSA) is 124 Å². The van der Waals surface area contributed by atoms with E-state index in [0.717, 1.165) is 24.8 Å². The molecule has 0 aliphatic rings. The number of carbonyl (C=O) groups excluding carboxylic acids is 2. The zero-order valence-electron chi connectivity index (χ0n) is 14.6. The van der Waals surface area contributed by atoms with Gasteiger partial charge < -0.3 is 4.74 Å². The molecule has 1 heterocycles. The monoisotopic (exact) mass is 398 g/mol. The summed E-state index contributed by atoms with van der Waals surface area (Å²) in [6.07, 6.45) is 0.567. The summed E-state index contributed by atoms with van der Waals surface area (Å²) in [5, 5.41) is 22.5. The fraction of sp³-hybridized carbons (Fsp3) is 0.111. The van der Waals surface area contributed by atoms with Gasteiger partial charge in [-0.1, -0.05) is 41.7 Å². The van der Waals surface area contributed by atoms with Crippen molar-refractivity contribution in [1.29, 1.82) is 0 Å². The molecule has 0 atom stereocenters. The summed E-state index contributed by atoms with van der Waals surface area (Å²) in [5.74, 6) is -1.42. The summed E-state index contributed by atoms with van der Waals surface area (Å²) in [6, 6.07) is 13.0. The highest BCUT2D eigenvalue weighted by Gasteiger charge is 2.19. The summed E-state index contributed by atoms with van der Waals surface area (Å²) < 4.78 is 4.57. The molecule has 3 aromatic rings. The van der Waals surface area contributed by atoms with E-state index >= 15 is 0 Å². The van der Waals surface area contributed by atoms with Crippen LogP contribution in [0.4, 0.5) is 10.8 Å². The Balaban J connectivity index is 1.78. The summed E-state index contributed by atoms with van der Waals surface area (Å²) in [6.45, 7) is 0. The first-order valence-electron chi connectivity index (χ1n) is 8.01. The maximum absolute atomic E-state index is 12.5. The smallest absolute Gasteiger partial charge is 0.338 e. The Hall–Kier alpha value is -3.66. The molecule has 0 unspecified atom stereocenters. The second-order valence-electron chi connectivity index (χ2n) is 5.63. The number of esters is 1. The molecule has 1 N–H and O–H groups in total. The number of non-ortho nitro benzene ring substituents is 1. The maximum Gasteiger partial charge on any atom is 0.338 e. The number of hydrogen-bond acceptors (Lipinski definition) is 8. The van der Waals surface area contributed by atoms with Crippen molar-refractivity contribution < 1.29 is 19.2 Å². The van der Waals surface area contributed by atoms with Gasteiger partial charge >= 0.3 is 5.97 Å². The lowest BCUT2D eigenvalue weighted by Gasteiger charge is -2.04. The van der Waals surface area contributed by atoms with Crippen LogP contribution in [0.3, 0.4) is 0 Å². The normalized spacial score (nSPS) is 10.3. The van der Waals surface area contributed by atoms with E-state index < -0.39 is 22.5 Å². The van der Waals surface area contributed by atoms with Crippen molar-refractivity contribution in [2.75, 3.05) is 12.4 Å². The van der Waals surface area contributed by atoms with E-state index in [1.165, 1.54) is 17.4 Å². The highest BCUT2D eigenvalue weighted by molar-refractivity contribution is 7.15. The van der Waals surface area contributed by atoms with Crippen molar-refractivity contribution in [3.63, 3.8) is 0 Å². The fourth-order valence-corrected chi connectivity index (χ4v) is 3.17. The van der Waals surface area contributed by atoms with Crippen molar-refractivity contribution in [2.24, 2.45) is 0 Å². The molecule has 9 nitrogen and oxygen atoms in total. The summed E-state index contributed by atoms with van der Waals surface area (Å²) in [5.41, 5.74) is 0.506. The van der Waals surface area contributed by atoms with Gasteiger partial charge in [0.15, 0.2) is 0 Å². The summed E-state index contributed by atoms with van der Waals surface area (Å²) in [7, 11) is 1.15. The highest BCUT2D eigenvalue weighted by Crippen LogP contribution is 2.22. The molecule has 2 aromatic carbocycles. The number of benzene rings is 2. The van der Waals surface area contributed by atoms with E-state index in [2.05, 4.69) is 20.3 Å². The zero-order valence-corrected chi connectivity index (χ0v) is 15.4. The quantitative estimate of drug-likeness (QED) is 0.384. The SMILES string of the molecule is COC(=O)c1cc(C(=O)Nc2nnc(Cc3ccccc3)s2)cc([N+](=O)[O-])c1. The Labute approximate surface area is 163 Å². The number of nitrogens with zero attached hydrogens (tertiary/aromatic N) is 3. The lowest BCUT2D eigenvalue weighted by molar-refractivity contribution is -0.384. The van der Waals surface area contributed by atoms with E-state index in [1.54, 1.807) is 0 Å². The Morgan fingerprint density at radius 3 is 2.54 bits per heavy atom. The van der Waals surface area contributed by atoms with Gasteiger partial charge in [0.1, 0.15) is 5.01 Å². The Bertz CT molecular complexity index is 1040. The van der Waals surface area contributed by atoms with Gasteiger partial charge in [-0.05, 0) is 11.6 Å². The lowest BCUT2D eigenvalue weighted by atomic mass is 10.1. The van der Waals surface area contributed by atoms with E-state index in [9.17, 15) is 19.7 Å². The third-order valence-electron chi connectivity index (χ3n) is 3.70. The molecule has 0 aliphatic heterocycles. The fourth-order valence-electron chi connectivity index (χ4n) is 2.40. The molecule has 1 amide bonds. The van der Waals surface area contributed by atoms with E-state index in [-0.39, 0.29) is 16.3 Å². The van der Waals surface area contributed by atoms with Gasteiger partial charge in [-0.25, -0.2) is 4.79 Å². The number of carbonyl (C=O) groups is 2. The number of methoxy groups -OCH3 is 1. The van der Waals surface area contributed by atoms with Gasteiger partial charge in [-0.15, -0.1) is 10.2 Å². The van der Waals surface area contributed by atoms with Crippen LogP contribution in [0, 0.1) is 10.1 Å². The summed E-state index contributed by atoms with van der Waals surface area (Å²) in [4.78, 5) is 34.6. The van der Waals surface area contributed by atoms with Crippen LogP contribution < -0.4 is 5.32 Å². The molecule has 28 heavy (non-hydrogen) atoms. The molecule has 0 spiro atoms. The van der Waals surface area contributed by atoms with Gasteiger partial charge in [-0.3, -0.25) is 20.2 Å². The van der Waals surface area contributed by atoms with Crippen LogP contribution in [-0.4, -0.2) is 34.1 Å². The molecule has 0 bridgehead atoms. The number of aromatic nitrogens is 2. The van der Waals surface area contributed by atoms with Crippen molar-refractivity contribution in [3.8, 4) is 0 Å². The molecule has 0 saturated carbocycles. The highest BCUT2D eigenvalue weighted by atomic mass is 32.1. The predicted molar refractivity (Wildman–Crippen MR) is 102 cm³/mol. The third-order valence-corrected chi connectivity index (χ3v) is 4.54. The first kappa shape index (κ1) is 19.1. The minimum atomic E-state index is -0.779. The molecular weight excluding hydrogens is 384 g/mol. The number of nitrogens with one attached hydrogen (secondary N) is 1. The average Bonchev–Trinajstić information content (AvgIpc) is 3.14. The molecule has 0 radical (unpaired) electrons. The van der Waals surface area contributed by atoms with Crippen LogP contribution in [0.25, 0.3) is 0 Å². The molecule has 10 heteroatoms. The molecule has 0 fully saturated rings. The van der Waals surface area contributed by atoms with E-state index in [0.29, 0.717) is 11.4 Å². The minimum Gasteiger partial charge on any atom is -0.465 e. The zero-order chi connectivity index (χ0) is 20.1. The minimum absolute atomic E-state index is 0.0607. The molecule has 142 valence electrons. The first-order chi connectivity index (χ1) is 13.5.